The van der Waals surface area contributed by atoms with E-state index in [1.807, 2.05) is 18.2 Å². The van der Waals surface area contributed by atoms with Crippen LogP contribution < -0.4 is 0 Å². The summed E-state index contributed by atoms with van der Waals surface area (Å²) in [7, 11) is 1.31. The molecule has 0 bridgehead atoms. The molecule has 0 aliphatic carbocycles. The maximum atomic E-state index is 11.6. The summed E-state index contributed by atoms with van der Waals surface area (Å²) in [6.07, 6.45) is 1.68. The molecule has 0 spiro atoms. The van der Waals surface area contributed by atoms with E-state index in [9.17, 15) is 9.90 Å². The van der Waals surface area contributed by atoms with Gasteiger partial charge in [0.05, 0.1) is 18.8 Å². The van der Waals surface area contributed by atoms with Crippen LogP contribution in [0.4, 0.5) is 0 Å². The highest BCUT2D eigenvalue weighted by Gasteiger charge is 2.44. The van der Waals surface area contributed by atoms with Gasteiger partial charge in [-0.2, -0.15) is 4.80 Å². The van der Waals surface area contributed by atoms with Crippen LogP contribution in [0.2, 0.25) is 0 Å². The third-order valence-corrected chi connectivity index (χ3v) is 6.80. The lowest BCUT2D eigenvalue weighted by molar-refractivity contribution is -0.141. The van der Waals surface area contributed by atoms with Gasteiger partial charge in [0, 0.05) is 13.1 Å². The van der Waals surface area contributed by atoms with Crippen LogP contribution in [0.25, 0.3) is 6.08 Å². The molecule has 188 valence electrons. The minimum atomic E-state index is -0.635. The number of rotatable bonds is 7. The molecule has 1 fully saturated rings. The predicted octanol–water partition coefficient (Wildman–Crippen LogP) is 3.29. The number of nitrogens with zero attached hydrogens (tertiary/aromatic N) is 5. The average Bonchev–Trinajstić information content (AvgIpc) is 3.39. The first-order valence-electron chi connectivity index (χ1n) is 12.3. The van der Waals surface area contributed by atoms with E-state index in [0.29, 0.717) is 25.3 Å². The normalized spacial score (nSPS) is 17.6. The minimum Gasteiger partial charge on any atom is -0.468 e. The Bertz CT molecular complexity index is 1260. The number of hydrogen-bond donors (Lipinski definition) is 1. The van der Waals surface area contributed by atoms with Gasteiger partial charge in [-0.05, 0) is 40.0 Å². The Balaban J connectivity index is 1.60. The molecule has 37 heavy (non-hydrogen) atoms. The Morgan fingerprint density at radius 2 is 1.51 bits per heavy atom. The smallest absolute Gasteiger partial charge is 0.329 e. The lowest BCUT2D eigenvalue weighted by Crippen LogP contribution is -2.52. The molecule has 5 rings (SSSR count). The Hall–Kier alpha value is -4.14. The number of likely N-dealkylation sites (tertiary alicyclic amines) is 1. The van der Waals surface area contributed by atoms with Crippen LogP contribution in [0.3, 0.4) is 0 Å². The van der Waals surface area contributed by atoms with Gasteiger partial charge in [-0.15, -0.1) is 10.2 Å². The maximum Gasteiger partial charge on any atom is 0.329 e. The molecular weight excluding hydrogens is 466 g/mol. The molecule has 1 aromatic heterocycles. The first-order chi connectivity index (χ1) is 18.1. The number of ether oxygens (including phenoxy) is 1. The van der Waals surface area contributed by atoms with Crippen LogP contribution in [0.1, 0.15) is 28.9 Å². The quantitative estimate of drug-likeness (QED) is 0.311. The number of methoxy groups -OCH3 is 1. The standard InChI is InChI=1S/C29H29N5O3/c1-37-28(36)21-34-31-27(30-32-34)19-22-20-33(18-17-26(22)35)29(23-11-5-2-6-12-23,24-13-7-3-8-14-24)25-15-9-4-10-16-25/h2-16,19,26,35H,17-18,20-21H2,1H3/b22-19-. The molecule has 0 saturated carbocycles. The largest absolute Gasteiger partial charge is 0.468 e. The Labute approximate surface area is 215 Å². The van der Waals surface area contributed by atoms with Gasteiger partial charge < -0.3 is 9.84 Å². The number of carbonyl (C=O) groups excluding carboxylic acids is 1. The summed E-state index contributed by atoms with van der Waals surface area (Å²) in [4.78, 5) is 15.2. The van der Waals surface area contributed by atoms with Gasteiger partial charge in [-0.3, -0.25) is 4.90 Å². The van der Waals surface area contributed by atoms with Gasteiger partial charge in [0.15, 0.2) is 12.4 Å². The van der Waals surface area contributed by atoms with Crippen LogP contribution >= 0.6 is 0 Å². The van der Waals surface area contributed by atoms with Crippen LogP contribution in [0.5, 0.6) is 0 Å². The van der Waals surface area contributed by atoms with Gasteiger partial charge in [0.1, 0.15) is 0 Å². The molecule has 1 atom stereocenters. The average molecular weight is 496 g/mol. The summed E-state index contributed by atoms with van der Waals surface area (Å²) < 4.78 is 4.68. The Kier molecular flexibility index (Phi) is 7.20. The van der Waals surface area contributed by atoms with E-state index in [0.717, 1.165) is 22.3 Å². The van der Waals surface area contributed by atoms with Crippen molar-refractivity contribution < 1.29 is 14.6 Å². The Morgan fingerprint density at radius 3 is 2.03 bits per heavy atom. The number of aromatic nitrogens is 4. The molecule has 1 saturated heterocycles. The molecule has 1 unspecified atom stereocenters. The molecule has 0 amide bonds. The molecule has 4 aromatic rings. The first kappa shape index (κ1) is 24.5. The van der Waals surface area contributed by atoms with E-state index >= 15 is 0 Å². The third-order valence-electron chi connectivity index (χ3n) is 6.80. The highest BCUT2D eigenvalue weighted by atomic mass is 16.5. The highest BCUT2D eigenvalue weighted by molar-refractivity contribution is 5.68. The molecule has 2 heterocycles. The van der Waals surface area contributed by atoms with Crippen molar-refractivity contribution >= 4 is 12.0 Å². The number of tetrazole rings is 1. The fraction of sp³-hybridized carbons (Fsp3) is 0.241. The van der Waals surface area contributed by atoms with Crippen molar-refractivity contribution in [1.82, 2.24) is 25.1 Å². The third kappa shape index (κ3) is 4.94. The van der Waals surface area contributed by atoms with Crippen molar-refractivity contribution in [2.45, 2.75) is 24.6 Å². The van der Waals surface area contributed by atoms with Gasteiger partial charge >= 0.3 is 5.97 Å². The second-order valence-corrected chi connectivity index (χ2v) is 9.01. The molecule has 0 radical (unpaired) electrons. The monoisotopic (exact) mass is 495 g/mol. The lowest BCUT2D eigenvalue weighted by Gasteiger charge is -2.48. The van der Waals surface area contributed by atoms with Crippen LogP contribution in [-0.4, -0.2) is 62.5 Å². The molecule has 1 aliphatic rings. The molecule has 3 aromatic carbocycles. The minimum absolute atomic E-state index is 0.125. The number of esters is 1. The van der Waals surface area contributed by atoms with Crippen molar-refractivity contribution in [3.63, 3.8) is 0 Å². The maximum absolute atomic E-state index is 11.6. The van der Waals surface area contributed by atoms with E-state index in [-0.39, 0.29) is 6.54 Å². The lowest BCUT2D eigenvalue weighted by atomic mass is 9.74. The van der Waals surface area contributed by atoms with Gasteiger partial charge in [-0.1, -0.05) is 91.0 Å². The zero-order valence-electron chi connectivity index (χ0n) is 20.6. The summed E-state index contributed by atoms with van der Waals surface area (Å²) in [6, 6.07) is 31.4. The molecular formula is C29H29N5O3. The van der Waals surface area contributed by atoms with Gasteiger partial charge in [0.2, 0.25) is 0 Å². The zero-order valence-corrected chi connectivity index (χ0v) is 20.6. The summed E-state index contributed by atoms with van der Waals surface area (Å²) in [5, 5.41) is 23.2. The van der Waals surface area contributed by atoms with E-state index in [4.69, 9.17) is 0 Å². The van der Waals surface area contributed by atoms with Crippen molar-refractivity contribution in [3.8, 4) is 0 Å². The van der Waals surface area contributed by atoms with Crippen LogP contribution in [-0.2, 0) is 21.6 Å². The first-order valence-corrected chi connectivity index (χ1v) is 12.3. The van der Waals surface area contributed by atoms with Crippen LogP contribution in [0, 0.1) is 0 Å². The number of aliphatic hydroxyl groups excluding tert-OH is 1. The van der Waals surface area contributed by atoms with E-state index in [2.05, 4.69) is 97.8 Å². The van der Waals surface area contributed by atoms with Crippen molar-refractivity contribution in [2.24, 2.45) is 0 Å². The molecule has 8 nitrogen and oxygen atoms in total. The second-order valence-electron chi connectivity index (χ2n) is 9.01. The topological polar surface area (TPSA) is 93.4 Å². The van der Waals surface area contributed by atoms with E-state index in [1.54, 1.807) is 6.08 Å². The summed E-state index contributed by atoms with van der Waals surface area (Å²) in [5.74, 6) is -0.122. The molecule has 8 heteroatoms. The molecule has 1 N–H and O–H groups in total. The van der Waals surface area contributed by atoms with Crippen molar-refractivity contribution in [2.75, 3.05) is 20.2 Å². The summed E-state index contributed by atoms with van der Waals surface area (Å²) in [6.45, 7) is 1.05. The second kappa shape index (κ2) is 10.9. The van der Waals surface area contributed by atoms with E-state index < -0.39 is 17.6 Å². The summed E-state index contributed by atoms with van der Waals surface area (Å²) in [5.41, 5.74) is 3.63. The fourth-order valence-electron chi connectivity index (χ4n) is 5.11. The van der Waals surface area contributed by atoms with E-state index in [1.165, 1.54) is 11.9 Å². The zero-order chi connectivity index (χ0) is 25.7. The highest BCUT2D eigenvalue weighted by Crippen LogP contribution is 2.44. The van der Waals surface area contributed by atoms with Gasteiger partial charge in [0.25, 0.3) is 0 Å². The predicted molar refractivity (Wildman–Crippen MR) is 139 cm³/mol. The number of aliphatic hydroxyl groups is 1. The fourth-order valence-corrected chi connectivity index (χ4v) is 5.11. The van der Waals surface area contributed by atoms with Crippen molar-refractivity contribution in [1.29, 1.82) is 0 Å². The molecule has 1 aliphatic heterocycles. The Morgan fingerprint density at radius 1 is 0.973 bits per heavy atom. The van der Waals surface area contributed by atoms with Crippen molar-refractivity contribution in [3.05, 3.63) is 119 Å². The number of benzene rings is 3. The number of carbonyl (C=O) groups is 1. The van der Waals surface area contributed by atoms with Crippen LogP contribution in [0.15, 0.2) is 96.6 Å². The number of piperidine rings is 1. The van der Waals surface area contributed by atoms with Gasteiger partial charge in [-0.25, -0.2) is 4.79 Å². The SMILES string of the molecule is COC(=O)Cn1nnc(/C=C2/CN(C(c3ccccc3)(c3ccccc3)c3ccccc3)CCC2O)n1. The summed E-state index contributed by atoms with van der Waals surface area (Å²) >= 11 is 0. The number of hydrogen-bond acceptors (Lipinski definition) is 7.